The summed E-state index contributed by atoms with van der Waals surface area (Å²) in [4.78, 5) is 16.1. The fraction of sp³-hybridized carbons (Fsp3) is 0.367. The monoisotopic (exact) mass is 519 g/mol. The summed E-state index contributed by atoms with van der Waals surface area (Å²) in [5, 5.41) is -0.579. The molecule has 2 atom stereocenters. The highest BCUT2D eigenvalue weighted by atomic mass is 32.2. The first-order chi connectivity index (χ1) is 17.9. The van der Waals surface area contributed by atoms with E-state index in [1.165, 1.54) is 0 Å². The molecule has 3 aromatic rings. The average molecular weight is 520 g/mol. The summed E-state index contributed by atoms with van der Waals surface area (Å²) in [7, 11) is -0.834. The van der Waals surface area contributed by atoms with Crippen LogP contribution in [0.5, 0.6) is 11.5 Å². The van der Waals surface area contributed by atoms with Crippen molar-refractivity contribution in [2.45, 2.75) is 55.1 Å². The summed E-state index contributed by atoms with van der Waals surface area (Å²) < 4.78 is 38.8. The first kappa shape index (κ1) is 25.3. The van der Waals surface area contributed by atoms with Crippen molar-refractivity contribution in [1.29, 1.82) is 0 Å². The van der Waals surface area contributed by atoms with Crippen LogP contribution < -0.4 is 14.4 Å². The average Bonchev–Trinajstić information content (AvgIpc) is 2.93. The zero-order chi connectivity index (χ0) is 26.2. The smallest absolute Gasteiger partial charge is 0.256 e. The van der Waals surface area contributed by atoms with Crippen LogP contribution in [0.4, 0.5) is 5.69 Å². The molecule has 2 aliphatic rings. The standard InChI is InChI=1S/C30H33NO5S/c1-21-13-17-23(18-14-21)31-28(26-11-7-8-12-27(26)36-3)30(29(31)32,22-15-19-24(35-2)20-16-22)37(33,34)25-9-5-4-6-10-25/h7-8,11-20,25,28H,4-6,9-10H2,1-3H3. The third-order valence-electron chi connectivity index (χ3n) is 7.88. The summed E-state index contributed by atoms with van der Waals surface area (Å²) in [5.74, 6) is 0.724. The maximum Gasteiger partial charge on any atom is 0.256 e. The largest absolute Gasteiger partial charge is 0.497 e. The summed E-state index contributed by atoms with van der Waals surface area (Å²) in [5.41, 5.74) is 2.85. The summed E-state index contributed by atoms with van der Waals surface area (Å²) in [6.45, 7) is 1.98. The number of hydrogen-bond acceptors (Lipinski definition) is 5. The molecular weight excluding hydrogens is 486 g/mol. The highest BCUT2D eigenvalue weighted by molar-refractivity contribution is 7.94. The van der Waals surface area contributed by atoms with Crippen molar-refractivity contribution in [2.24, 2.45) is 0 Å². The highest BCUT2D eigenvalue weighted by Gasteiger charge is 2.71. The second-order valence-electron chi connectivity index (χ2n) is 9.92. The van der Waals surface area contributed by atoms with Gasteiger partial charge in [-0.25, -0.2) is 8.42 Å². The highest BCUT2D eigenvalue weighted by Crippen LogP contribution is 2.60. The van der Waals surface area contributed by atoms with Gasteiger partial charge in [-0.1, -0.05) is 67.3 Å². The topological polar surface area (TPSA) is 72.9 Å². The van der Waals surface area contributed by atoms with E-state index in [1.807, 2.05) is 55.5 Å². The molecule has 1 amide bonds. The molecule has 2 unspecified atom stereocenters. The minimum Gasteiger partial charge on any atom is -0.497 e. The number of carbonyl (C=O) groups excluding carboxylic acids is 1. The number of benzene rings is 3. The van der Waals surface area contributed by atoms with Gasteiger partial charge in [-0.15, -0.1) is 0 Å². The second kappa shape index (κ2) is 9.86. The Labute approximate surface area is 219 Å². The summed E-state index contributed by atoms with van der Waals surface area (Å²) in [6, 6.07) is 21.1. The Morgan fingerprint density at radius 3 is 2.11 bits per heavy atom. The number of sulfone groups is 1. The second-order valence-corrected chi connectivity index (χ2v) is 12.3. The third kappa shape index (κ3) is 3.91. The lowest BCUT2D eigenvalue weighted by Crippen LogP contribution is -2.71. The summed E-state index contributed by atoms with van der Waals surface area (Å²) in [6.07, 6.45) is 3.84. The molecule has 1 saturated heterocycles. The van der Waals surface area contributed by atoms with Gasteiger partial charge in [0.25, 0.3) is 5.91 Å². The van der Waals surface area contributed by atoms with Crippen LogP contribution in [-0.4, -0.2) is 33.8 Å². The molecule has 6 nitrogen and oxygen atoms in total. The van der Waals surface area contributed by atoms with Crippen LogP contribution in [0.2, 0.25) is 0 Å². The number of hydrogen-bond donors (Lipinski definition) is 0. The molecule has 0 N–H and O–H groups in total. The number of nitrogens with zero attached hydrogens (tertiary/aromatic N) is 1. The number of amides is 1. The van der Waals surface area contributed by atoms with Crippen LogP contribution in [-0.2, 0) is 19.4 Å². The fourth-order valence-electron chi connectivity index (χ4n) is 5.95. The zero-order valence-electron chi connectivity index (χ0n) is 21.5. The Morgan fingerprint density at radius 1 is 0.838 bits per heavy atom. The molecule has 7 heteroatoms. The molecule has 0 spiro atoms. The third-order valence-corrected chi connectivity index (χ3v) is 10.8. The van der Waals surface area contributed by atoms with Crippen LogP contribution in [0.25, 0.3) is 0 Å². The van der Waals surface area contributed by atoms with Gasteiger partial charge in [0, 0.05) is 11.3 Å². The van der Waals surface area contributed by atoms with Crippen molar-refractivity contribution in [3.05, 3.63) is 89.5 Å². The molecular formula is C30H33NO5S. The number of ether oxygens (including phenoxy) is 2. The van der Waals surface area contributed by atoms with Gasteiger partial charge in [-0.3, -0.25) is 4.79 Å². The number of para-hydroxylation sites is 1. The quantitative estimate of drug-likeness (QED) is 0.372. The molecule has 0 radical (unpaired) electrons. The molecule has 1 heterocycles. The minimum absolute atomic E-state index is 0.428. The lowest BCUT2D eigenvalue weighted by atomic mass is 9.76. The van der Waals surface area contributed by atoms with E-state index < -0.39 is 31.8 Å². The minimum atomic E-state index is -3.97. The predicted octanol–water partition coefficient (Wildman–Crippen LogP) is 5.74. The van der Waals surface area contributed by atoms with E-state index in [9.17, 15) is 13.2 Å². The molecule has 1 aliphatic carbocycles. The number of aryl methyl sites for hydroxylation is 1. The van der Waals surface area contributed by atoms with E-state index >= 15 is 0 Å². The van der Waals surface area contributed by atoms with Crippen molar-refractivity contribution in [2.75, 3.05) is 19.1 Å². The predicted molar refractivity (Wildman–Crippen MR) is 145 cm³/mol. The van der Waals surface area contributed by atoms with Gasteiger partial charge in [-0.2, -0.15) is 0 Å². The van der Waals surface area contributed by atoms with Gasteiger partial charge in [0.1, 0.15) is 11.5 Å². The van der Waals surface area contributed by atoms with E-state index in [2.05, 4.69) is 0 Å². The Hall–Kier alpha value is -3.32. The number of rotatable bonds is 7. The SMILES string of the molecule is COc1ccc(C2(S(=O)(=O)C3CCCCC3)C(=O)N(c3ccc(C)cc3)C2c2ccccc2OC)cc1. The molecule has 194 valence electrons. The molecule has 5 rings (SSSR count). The number of methoxy groups -OCH3 is 2. The Kier molecular flexibility index (Phi) is 6.75. The van der Waals surface area contributed by atoms with Gasteiger partial charge in [0.05, 0.1) is 25.5 Å². The molecule has 0 bridgehead atoms. The van der Waals surface area contributed by atoms with E-state index in [0.717, 1.165) is 24.8 Å². The van der Waals surface area contributed by atoms with E-state index in [0.29, 0.717) is 41.2 Å². The summed E-state index contributed by atoms with van der Waals surface area (Å²) >= 11 is 0. The van der Waals surface area contributed by atoms with Crippen LogP contribution in [0.3, 0.4) is 0 Å². The molecule has 2 fully saturated rings. The number of carbonyl (C=O) groups is 1. The van der Waals surface area contributed by atoms with Gasteiger partial charge in [0.2, 0.25) is 4.75 Å². The van der Waals surface area contributed by atoms with E-state index in [-0.39, 0.29) is 0 Å². The van der Waals surface area contributed by atoms with Crippen molar-refractivity contribution >= 4 is 21.4 Å². The first-order valence-electron chi connectivity index (χ1n) is 12.8. The van der Waals surface area contributed by atoms with Gasteiger partial charge in [-0.05, 0) is 55.7 Å². The van der Waals surface area contributed by atoms with Crippen LogP contribution >= 0.6 is 0 Å². The van der Waals surface area contributed by atoms with Crippen molar-refractivity contribution in [3.63, 3.8) is 0 Å². The zero-order valence-corrected chi connectivity index (χ0v) is 22.3. The van der Waals surface area contributed by atoms with Gasteiger partial charge >= 0.3 is 0 Å². The first-order valence-corrected chi connectivity index (χ1v) is 14.3. The molecule has 1 aliphatic heterocycles. The molecule has 37 heavy (non-hydrogen) atoms. The maximum absolute atomic E-state index is 14.7. The maximum atomic E-state index is 14.7. The van der Waals surface area contributed by atoms with Crippen molar-refractivity contribution in [1.82, 2.24) is 0 Å². The van der Waals surface area contributed by atoms with Gasteiger partial charge < -0.3 is 14.4 Å². The van der Waals surface area contributed by atoms with E-state index in [4.69, 9.17) is 9.47 Å². The van der Waals surface area contributed by atoms with Crippen LogP contribution in [0, 0.1) is 6.92 Å². The lowest BCUT2D eigenvalue weighted by Gasteiger charge is -2.56. The van der Waals surface area contributed by atoms with E-state index in [1.54, 1.807) is 43.4 Å². The Bertz CT molecular complexity index is 1380. The lowest BCUT2D eigenvalue weighted by molar-refractivity contribution is -0.128. The van der Waals surface area contributed by atoms with Gasteiger partial charge in [0.15, 0.2) is 9.84 Å². The number of anilines is 1. The van der Waals surface area contributed by atoms with Crippen LogP contribution in [0.1, 0.15) is 54.8 Å². The Balaban J connectivity index is 1.79. The number of β-lactam (4-membered cyclic amide) rings is 1. The van der Waals surface area contributed by atoms with Crippen molar-refractivity contribution in [3.8, 4) is 11.5 Å². The Morgan fingerprint density at radius 2 is 1.49 bits per heavy atom. The molecule has 0 aromatic heterocycles. The molecule has 3 aromatic carbocycles. The van der Waals surface area contributed by atoms with Crippen LogP contribution in [0.15, 0.2) is 72.8 Å². The van der Waals surface area contributed by atoms with Crippen molar-refractivity contribution < 1.29 is 22.7 Å². The molecule has 1 saturated carbocycles. The normalized spacial score (nSPS) is 22.4. The fourth-order valence-corrected chi connectivity index (χ4v) is 8.78.